The summed E-state index contributed by atoms with van der Waals surface area (Å²) in [6.07, 6.45) is 2.30. The molecule has 0 spiro atoms. The van der Waals surface area contributed by atoms with Gasteiger partial charge in [0.05, 0.1) is 0 Å². The summed E-state index contributed by atoms with van der Waals surface area (Å²) in [7, 11) is 0. The van der Waals surface area contributed by atoms with Crippen molar-refractivity contribution < 1.29 is 4.79 Å². The van der Waals surface area contributed by atoms with Gasteiger partial charge in [0.15, 0.2) is 0 Å². The van der Waals surface area contributed by atoms with Crippen molar-refractivity contribution in [3.8, 4) is 0 Å². The summed E-state index contributed by atoms with van der Waals surface area (Å²) in [5, 5.41) is 7.63. The molecule has 0 saturated carbocycles. The minimum atomic E-state index is 0.0777. The van der Waals surface area contributed by atoms with Gasteiger partial charge in [-0.05, 0) is 37.5 Å². The first-order chi connectivity index (χ1) is 9.97. The molecule has 118 valence electrons. The van der Waals surface area contributed by atoms with Crippen molar-refractivity contribution in [1.82, 2.24) is 10.6 Å². The van der Waals surface area contributed by atoms with Gasteiger partial charge in [-0.2, -0.15) is 0 Å². The fourth-order valence-corrected chi connectivity index (χ4v) is 2.61. The van der Waals surface area contributed by atoms with Crippen molar-refractivity contribution in [2.75, 3.05) is 6.54 Å². The smallest absolute Gasteiger partial charge is 0.221 e. The molecule has 2 N–H and O–H groups in total. The second kappa shape index (κ2) is 9.29. The summed E-state index contributed by atoms with van der Waals surface area (Å²) in [6, 6.07) is 5.88. The molecule has 0 radical (unpaired) electrons. The lowest BCUT2D eigenvalue weighted by atomic mass is 10.0. The molecule has 2 atom stereocenters. The van der Waals surface area contributed by atoms with Gasteiger partial charge in [0.1, 0.15) is 0 Å². The van der Waals surface area contributed by atoms with Crippen molar-refractivity contribution in [3.05, 3.63) is 33.8 Å². The summed E-state index contributed by atoms with van der Waals surface area (Å²) >= 11 is 12.1. The minimum absolute atomic E-state index is 0.0777. The molecule has 0 saturated heterocycles. The van der Waals surface area contributed by atoms with Gasteiger partial charge in [-0.15, -0.1) is 0 Å². The fraction of sp³-hybridized carbons (Fsp3) is 0.562. The maximum Gasteiger partial charge on any atom is 0.221 e. The van der Waals surface area contributed by atoms with Crippen LogP contribution in [0, 0.1) is 0 Å². The van der Waals surface area contributed by atoms with Gasteiger partial charge in [-0.1, -0.05) is 43.1 Å². The first kappa shape index (κ1) is 18.3. The van der Waals surface area contributed by atoms with Gasteiger partial charge in [0.25, 0.3) is 0 Å². The molecule has 0 fully saturated rings. The average molecular weight is 331 g/mol. The van der Waals surface area contributed by atoms with E-state index in [0.717, 1.165) is 18.4 Å². The van der Waals surface area contributed by atoms with E-state index in [4.69, 9.17) is 23.2 Å². The van der Waals surface area contributed by atoms with Crippen LogP contribution in [0.5, 0.6) is 0 Å². The lowest BCUT2D eigenvalue weighted by Gasteiger charge is -2.19. The Hall–Kier alpha value is -0.770. The Bertz CT molecular complexity index is 466. The second-order valence-corrected chi connectivity index (χ2v) is 6.05. The van der Waals surface area contributed by atoms with Gasteiger partial charge >= 0.3 is 0 Å². The zero-order valence-electron chi connectivity index (χ0n) is 12.9. The summed E-state index contributed by atoms with van der Waals surface area (Å²) in [5.41, 5.74) is 1.02. The monoisotopic (exact) mass is 330 g/mol. The van der Waals surface area contributed by atoms with E-state index >= 15 is 0 Å². The SMILES string of the molecule is CCC(C)NC(=O)CCNC(CC)c1ccc(Cl)cc1Cl. The number of carbonyl (C=O) groups excluding carboxylic acids is 1. The summed E-state index contributed by atoms with van der Waals surface area (Å²) < 4.78 is 0. The van der Waals surface area contributed by atoms with Crippen LogP contribution in [0.3, 0.4) is 0 Å². The first-order valence-electron chi connectivity index (χ1n) is 7.45. The number of halogens is 2. The molecule has 0 bridgehead atoms. The van der Waals surface area contributed by atoms with Crippen LogP contribution in [0.15, 0.2) is 18.2 Å². The minimum Gasteiger partial charge on any atom is -0.354 e. The molecule has 21 heavy (non-hydrogen) atoms. The van der Waals surface area contributed by atoms with E-state index in [-0.39, 0.29) is 18.0 Å². The van der Waals surface area contributed by atoms with Crippen LogP contribution in [-0.4, -0.2) is 18.5 Å². The van der Waals surface area contributed by atoms with E-state index in [0.29, 0.717) is 23.0 Å². The Morgan fingerprint density at radius 1 is 1.24 bits per heavy atom. The van der Waals surface area contributed by atoms with Gasteiger partial charge in [-0.3, -0.25) is 4.79 Å². The Morgan fingerprint density at radius 2 is 1.95 bits per heavy atom. The van der Waals surface area contributed by atoms with Crippen molar-refractivity contribution >= 4 is 29.1 Å². The van der Waals surface area contributed by atoms with Gasteiger partial charge in [-0.25, -0.2) is 0 Å². The lowest BCUT2D eigenvalue weighted by molar-refractivity contribution is -0.121. The number of benzene rings is 1. The maximum absolute atomic E-state index is 11.7. The fourth-order valence-electron chi connectivity index (χ4n) is 2.07. The van der Waals surface area contributed by atoms with E-state index in [1.54, 1.807) is 6.07 Å². The van der Waals surface area contributed by atoms with Crippen LogP contribution < -0.4 is 10.6 Å². The van der Waals surface area contributed by atoms with Gasteiger partial charge in [0.2, 0.25) is 5.91 Å². The zero-order valence-corrected chi connectivity index (χ0v) is 14.4. The van der Waals surface area contributed by atoms with Crippen molar-refractivity contribution in [2.24, 2.45) is 0 Å². The molecule has 1 rings (SSSR count). The number of hydrogen-bond acceptors (Lipinski definition) is 2. The van der Waals surface area contributed by atoms with Crippen LogP contribution in [0.1, 0.15) is 51.6 Å². The summed E-state index contributed by atoms with van der Waals surface area (Å²) in [5.74, 6) is 0.0777. The molecule has 1 amide bonds. The predicted molar refractivity (Wildman–Crippen MR) is 90.0 cm³/mol. The van der Waals surface area contributed by atoms with E-state index in [2.05, 4.69) is 24.5 Å². The number of rotatable bonds is 8. The highest BCUT2D eigenvalue weighted by Gasteiger charge is 2.13. The van der Waals surface area contributed by atoms with Crippen LogP contribution >= 0.6 is 23.2 Å². The van der Waals surface area contributed by atoms with Crippen molar-refractivity contribution in [2.45, 2.75) is 52.1 Å². The third kappa shape index (κ3) is 6.25. The molecular weight excluding hydrogens is 307 g/mol. The quantitative estimate of drug-likeness (QED) is 0.744. The largest absolute Gasteiger partial charge is 0.354 e. The van der Waals surface area contributed by atoms with Gasteiger partial charge < -0.3 is 10.6 Å². The summed E-state index contributed by atoms with van der Waals surface area (Å²) in [4.78, 5) is 11.7. The van der Waals surface area contributed by atoms with E-state index < -0.39 is 0 Å². The van der Waals surface area contributed by atoms with Crippen LogP contribution in [0.2, 0.25) is 10.0 Å². The predicted octanol–water partition coefficient (Wildman–Crippen LogP) is 4.34. The molecule has 5 heteroatoms. The Labute approximate surface area is 137 Å². The normalized spacial score (nSPS) is 13.8. The Kier molecular flexibility index (Phi) is 8.09. The molecule has 0 aliphatic carbocycles. The average Bonchev–Trinajstić information content (AvgIpc) is 2.44. The highest BCUT2D eigenvalue weighted by atomic mass is 35.5. The third-order valence-electron chi connectivity index (χ3n) is 3.51. The molecule has 0 aliphatic rings. The Morgan fingerprint density at radius 3 is 2.52 bits per heavy atom. The number of amides is 1. The molecule has 1 aromatic rings. The topological polar surface area (TPSA) is 41.1 Å². The molecule has 0 aliphatic heterocycles. The maximum atomic E-state index is 11.7. The molecule has 0 aromatic heterocycles. The van der Waals surface area contributed by atoms with Gasteiger partial charge in [0, 0.05) is 35.1 Å². The molecular formula is C16H24Cl2N2O. The highest BCUT2D eigenvalue weighted by molar-refractivity contribution is 6.35. The molecule has 3 nitrogen and oxygen atoms in total. The zero-order chi connectivity index (χ0) is 15.8. The second-order valence-electron chi connectivity index (χ2n) is 5.21. The number of nitrogens with one attached hydrogen (secondary N) is 2. The molecule has 0 heterocycles. The molecule has 1 aromatic carbocycles. The van der Waals surface area contributed by atoms with E-state index in [1.165, 1.54) is 0 Å². The van der Waals surface area contributed by atoms with Crippen LogP contribution in [0.25, 0.3) is 0 Å². The molecule has 2 unspecified atom stereocenters. The first-order valence-corrected chi connectivity index (χ1v) is 8.21. The van der Waals surface area contributed by atoms with Crippen LogP contribution in [0.4, 0.5) is 0 Å². The number of carbonyl (C=O) groups is 1. The summed E-state index contributed by atoms with van der Waals surface area (Å²) in [6.45, 7) is 6.77. The van der Waals surface area contributed by atoms with Crippen molar-refractivity contribution in [3.63, 3.8) is 0 Å². The van der Waals surface area contributed by atoms with E-state index in [1.807, 2.05) is 19.1 Å². The standard InChI is InChI=1S/C16H24Cl2N2O/c1-4-11(3)20-16(21)8-9-19-15(5-2)13-7-6-12(17)10-14(13)18/h6-7,10-11,15,19H,4-5,8-9H2,1-3H3,(H,20,21). The van der Waals surface area contributed by atoms with Crippen LogP contribution in [-0.2, 0) is 4.79 Å². The lowest BCUT2D eigenvalue weighted by Crippen LogP contribution is -2.34. The third-order valence-corrected chi connectivity index (χ3v) is 4.07. The van der Waals surface area contributed by atoms with E-state index in [9.17, 15) is 4.79 Å². The highest BCUT2D eigenvalue weighted by Crippen LogP contribution is 2.27. The Balaban J connectivity index is 2.50. The van der Waals surface area contributed by atoms with Crippen molar-refractivity contribution in [1.29, 1.82) is 0 Å². The number of hydrogen-bond donors (Lipinski definition) is 2.